The Kier molecular flexibility index (Phi) is 3.42. The molecule has 0 spiro atoms. The molecule has 51 valence electrons. The van der Waals surface area contributed by atoms with Crippen LogP contribution in [0.3, 0.4) is 0 Å². The number of hydrogen-bond donors (Lipinski definition) is 0. The van der Waals surface area contributed by atoms with E-state index < -0.39 is 12.3 Å². The molecule has 0 nitrogen and oxygen atoms in total. The summed E-state index contributed by atoms with van der Waals surface area (Å²) in [5, 5.41) is 3.64. The van der Waals surface area contributed by atoms with Crippen molar-refractivity contribution in [2.45, 2.75) is 13.8 Å². The molecule has 0 bridgehead atoms. The van der Waals surface area contributed by atoms with Crippen LogP contribution in [0.25, 0.3) is 0 Å². The molecule has 0 aromatic heterocycles. The van der Waals surface area contributed by atoms with Crippen molar-refractivity contribution < 1.29 is 12.3 Å². The summed E-state index contributed by atoms with van der Waals surface area (Å²) in [7, 11) is 11.4. The van der Waals surface area contributed by atoms with Gasteiger partial charge >= 0.3 is 60.9 Å². The molecule has 0 fully saturated rings. The van der Waals surface area contributed by atoms with Crippen LogP contribution in [0.2, 0.25) is 0 Å². The van der Waals surface area contributed by atoms with Crippen molar-refractivity contribution in [3.8, 4) is 0 Å². The Labute approximate surface area is 60.9 Å². The number of halogens is 2. The van der Waals surface area contributed by atoms with Crippen LogP contribution in [0.5, 0.6) is 0 Å². The fourth-order valence-electron chi connectivity index (χ4n) is 0.299. The predicted octanol–water partition coefficient (Wildman–Crippen LogP) is 2.80. The fourth-order valence-corrected chi connectivity index (χ4v) is 3.59. The molecule has 8 heavy (non-hydrogen) atoms. The van der Waals surface area contributed by atoms with E-state index in [0.717, 1.165) is 5.57 Å². The van der Waals surface area contributed by atoms with Gasteiger partial charge in [-0.3, -0.25) is 0 Å². The van der Waals surface area contributed by atoms with E-state index in [9.17, 15) is 0 Å². The molecule has 0 aromatic carbocycles. The summed E-state index contributed by atoms with van der Waals surface area (Å²) < 4.78 is 1.86. The molecular weight excluding hydrogens is 232 g/mol. The Bertz CT molecular complexity index is 139. The zero-order valence-electron chi connectivity index (χ0n) is 4.89. The maximum atomic E-state index is 5.68. The molecule has 0 rings (SSSR count). The third-order valence-corrected chi connectivity index (χ3v) is 3.00. The van der Waals surface area contributed by atoms with Crippen molar-refractivity contribution in [2.75, 3.05) is 0 Å². The second kappa shape index (κ2) is 3.10. The number of hydrogen-bond acceptors (Lipinski definition) is 0. The van der Waals surface area contributed by atoms with Crippen LogP contribution in [0, 0.1) is 0 Å². The summed E-state index contributed by atoms with van der Waals surface area (Å²) >= 11 is -2.47. The average molecular weight is 241 g/mol. The van der Waals surface area contributed by atoms with E-state index in [1.807, 2.05) is 18.5 Å². The van der Waals surface area contributed by atoms with E-state index in [2.05, 4.69) is 5.11 Å². The third kappa shape index (κ3) is 6.81. The molecule has 0 radical (unpaired) electrons. The fraction of sp³-hybridized carbons (Fsp3) is 0.400. The third-order valence-electron chi connectivity index (χ3n) is 0.353. The standard InChI is InChI=1S/C4H7.CH2.2ClH.Ru/c1-4(2)3;;;;/h1H,2-3H3;1H2;2*1H;/q;;;;+2/p-2. The molecule has 0 saturated carbocycles. The zero-order valence-corrected chi connectivity index (χ0v) is 8.14. The van der Waals surface area contributed by atoms with Gasteiger partial charge in [-0.05, 0) is 0 Å². The first-order chi connectivity index (χ1) is 3.42. The van der Waals surface area contributed by atoms with Gasteiger partial charge in [0.1, 0.15) is 0 Å². The molecule has 0 saturated heterocycles. The molecule has 0 N–H and O–H groups in total. The van der Waals surface area contributed by atoms with Gasteiger partial charge in [0, 0.05) is 0 Å². The van der Waals surface area contributed by atoms with Gasteiger partial charge in [-0.15, -0.1) is 0 Å². The van der Waals surface area contributed by atoms with E-state index in [1.54, 1.807) is 0 Å². The van der Waals surface area contributed by atoms with Gasteiger partial charge in [-0.2, -0.15) is 0 Å². The van der Waals surface area contributed by atoms with Gasteiger partial charge in [-0.1, -0.05) is 0 Å². The SMILES string of the molecule is [CH2]=[Ru]([Cl])([Cl])[CH]=C(C)C. The zero-order chi connectivity index (χ0) is 6.78. The van der Waals surface area contributed by atoms with E-state index in [4.69, 9.17) is 19.4 Å². The van der Waals surface area contributed by atoms with Gasteiger partial charge in [-0.25, -0.2) is 0 Å². The maximum absolute atomic E-state index is 5.68. The summed E-state index contributed by atoms with van der Waals surface area (Å²) in [6.07, 6.45) is 0. The number of allylic oxidation sites excluding steroid dienone is 1. The van der Waals surface area contributed by atoms with Crippen molar-refractivity contribution in [1.82, 2.24) is 0 Å². The molecule has 0 aliphatic carbocycles. The Morgan fingerprint density at radius 3 is 1.88 bits per heavy atom. The molecular formula is C5H9Cl2Ru. The van der Waals surface area contributed by atoms with Crippen molar-refractivity contribution >= 4 is 24.5 Å². The van der Waals surface area contributed by atoms with Crippen molar-refractivity contribution in [1.29, 1.82) is 0 Å². The van der Waals surface area contributed by atoms with Crippen LogP contribution in [0.1, 0.15) is 13.8 Å². The Morgan fingerprint density at radius 1 is 1.50 bits per heavy atom. The molecule has 0 atom stereocenters. The van der Waals surface area contributed by atoms with E-state index in [1.165, 1.54) is 0 Å². The first kappa shape index (κ1) is 8.81. The van der Waals surface area contributed by atoms with Gasteiger partial charge < -0.3 is 0 Å². The van der Waals surface area contributed by atoms with Gasteiger partial charge in [0.2, 0.25) is 0 Å². The molecule has 0 aliphatic heterocycles. The van der Waals surface area contributed by atoms with Crippen LogP contribution < -0.4 is 0 Å². The van der Waals surface area contributed by atoms with Crippen LogP contribution in [-0.2, 0) is 12.3 Å². The summed E-state index contributed by atoms with van der Waals surface area (Å²) in [6, 6.07) is 0. The van der Waals surface area contributed by atoms with Crippen molar-refractivity contribution in [3.63, 3.8) is 0 Å². The second-order valence-corrected chi connectivity index (χ2v) is 11.3. The molecule has 0 aromatic rings. The van der Waals surface area contributed by atoms with Crippen molar-refractivity contribution in [3.05, 3.63) is 10.2 Å². The molecule has 0 amide bonds. The van der Waals surface area contributed by atoms with Crippen LogP contribution in [-0.4, -0.2) is 5.11 Å². The normalized spacial score (nSPS) is 13.0. The summed E-state index contributed by atoms with van der Waals surface area (Å²) in [5.74, 6) is 0. The van der Waals surface area contributed by atoms with Crippen LogP contribution >= 0.6 is 19.4 Å². The minimum absolute atomic E-state index is 1.15. The Morgan fingerprint density at radius 2 is 1.88 bits per heavy atom. The van der Waals surface area contributed by atoms with Crippen LogP contribution in [0.4, 0.5) is 0 Å². The quantitative estimate of drug-likeness (QED) is 0.619. The molecule has 0 unspecified atom stereocenters. The molecule has 3 heteroatoms. The summed E-state index contributed by atoms with van der Waals surface area (Å²) in [5.41, 5.74) is 1.15. The van der Waals surface area contributed by atoms with E-state index in [0.29, 0.717) is 0 Å². The first-order valence-corrected chi connectivity index (χ1v) is 8.72. The van der Waals surface area contributed by atoms with Gasteiger partial charge in [0.25, 0.3) is 0 Å². The Hall–Kier alpha value is 0.813. The topological polar surface area (TPSA) is 0 Å². The molecule has 0 aliphatic rings. The predicted molar refractivity (Wildman–Crippen MR) is 38.3 cm³/mol. The molecule has 0 heterocycles. The summed E-state index contributed by atoms with van der Waals surface area (Å²) in [6.45, 7) is 3.93. The number of rotatable bonds is 1. The van der Waals surface area contributed by atoms with Gasteiger partial charge in [0.05, 0.1) is 0 Å². The van der Waals surface area contributed by atoms with E-state index >= 15 is 0 Å². The van der Waals surface area contributed by atoms with Gasteiger partial charge in [0.15, 0.2) is 0 Å². The average Bonchev–Trinajstić information content (AvgIpc) is 1.21. The van der Waals surface area contributed by atoms with Crippen molar-refractivity contribution in [2.24, 2.45) is 0 Å². The van der Waals surface area contributed by atoms with Crippen LogP contribution in [0.15, 0.2) is 10.2 Å². The monoisotopic (exact) mass is 241 g/mol. The Balaban J connectivity index is 4.11. The summed E-state index contributed by atoms with van der Waals surface area (Å²) in [4.78, 5) is 0. The second-order valence-electron chi connectivity index (χ2n) is 1.72. The first-order valence-electron chi connectivity index (χ1n) is 2.01. The van der Waals surface area contributed by atoms with E-state index in [-0.39, 0.29) is 0 Å². The minimum atomic E-state index is -2.47.